The molecule has 2 fully saturated rings. The largest absolute Gasteiger partial charge is 0.438 e. The Bertz CT molecular complexity index is 755. The Hall–Kier alpha value is -2.25. The van der Waals surface area contributed by atoms with Crippen LogP contribution in [0.2, 0.25) is 0 Å². The molecule has 0 radical (unpaired) electrons. The third kappa shape index (κ3) is 3.01. The highest BCUT2D eigenvalue weighted by molar-refractivity contribution is 5.92. The minimum Gasteiger partial charge on any atom is -0.438 e. The van der Waals surface area contributed by atoms with Crippen molar-refractivity contribution in [3.05, 3.63) is 47.9 Å². The highest BCUT2D eigenvalue weighted by atomic mass is 16.5. The van der Waals surface area contributed by atoms with Crippen molar-refractivity contribution in [2.45, 2.75) is 38.0 Å². The van der Waals surface area contributed by atoms with E-state index in [0.29, 0.717) is 17.5 Å². The number of hydrogen-bond acceptors (Lipinski definition) is 6. The van der Waals surface area contributed by atoms with Crippen molar-refractivity contribution in [2.75, 3.05) is 26.7 Å². The van der Waals surface area contributed by atoms with Gasteiger partial charge in [0.2, 0.25) is 5.76 Å². The zero-order valence-electron chi connectivity index (χ0n) is 15.2. The number of methoxy groups -OCH3 is 1. The lowest BCUT2D eigenvalue weighted by Gasteiger charge is -2.53. The summed E-state index contributed by atoms with van der Waals surface area (Å²) in [6.07, 6.45) is 7.13. The molecular weight excluding hydrogens is 332 g/mol. The van der Waals surface area contributed by atoms with Crippen LogP contribution in [0.15, 0.2) is 35.3 Å². The SMILES string of the molecule is CO[C@H]1CN(C2CCN(C(=O)c3ocnc3C)CC2)[C@H]1c1ccncc1. The lowest BCUT2D eigenvalue weighted by molar-refractivity contribution is -0.115. The fraction of sp³-hybridized carbons (Fsp3) is 0.526. The maximum Gasteiger partial charge on any atom is 0.291 e. The Morgan fingerprint density at radius 3 is 2.62 bits per heavy atom. The van der Waals surface area contributed by atoms with Crippen molar-refractivity contribution in [2.24, 2.45) is 0 Å². The van der Waals surface area contributed by atoms with Crippen LogP contribution in [0.3, 0.4) is 0 Å². The predicted octanol–water partition coefficient (Wildman–Crippen LogP) is 2.05. The van der Waals surface area contributed by atoms with Gasteiger partial charge in [-0.05, 0) is 37.5 Å². The number of oxazole rings is 1. The number of nitrogens with zero attached hydrogens (tertiary/aromatic N) is 4. The highest BCUT2D eigenvalue weighted by Gasteiger charge is 2.44. The molecule has 4 rings (SSSR count). The maximum atomic E-state index is 12.6. The summed E-state index contributed by atoms with van der Waals surface area (Å²) in [4.78, 5) is 25.1. The normalized spacial score (nSPS) is 24.5. The fourth-order valence-corrected chi connectivity index (χ4v) is 4.09. The van der Waals surface area contributed by atoms with E-state index in [9.17, 15) is 4.79 Å². The van der Waals surface area contributed by atoms with Gasteiger partial charge in [-0.3, -0.25) is 14.7 Å². The monoisotopic (exact) mass is 356 g/mol. The van der Waals surface area contributed by atoms with Crippen LogP contribution in [0.25, 0.3) is 0 Å². The molecule has 0 saturated carbocycles. The van der Waals surface area contributed by atoms with Gasteiger partial charge in [0, 0.05) is 45.2 Å². The van der Waals surface area contributed by atoms with E-state index in [0.717, 1.165) is 32.5 Å². The molecule has 0 aliphatic carbocycles. The Labute approximate surface area is 153 Å². The van der Waals surface area contributed by atoms with Crippen LogP contribution in [-0.2, 0) is 4.74 Å². The number of carbonyl (C=O) groups is 1. The number of amides is 1. The first-order chi connectivity index (χ1) is 12.7. The first-order valence-electron chi connectivity index (χ1n) is 9.07. The summed E-state index contributed by atoms with van der Waals surface area (Å²) in [6, 6.07) is 4.86. The van der Waals surface area contributed by atoms with Crippen molar-refractivity contribution in [3.8, 4) is 0 Å². The van der Waals surface area contributed by atoms with Crippen LogP contribution in [0, 0.1) is 6.92 Å². The minimum absolute atomic E-state index is 0.0532. The lowest BCUT2D eigenvalue weighted by atomic mass is 9.87. The number of piperidine rings is 1. The zero-order valence-corrected chi connectivity index (χ0v) is 15.2. The number of ether oxygens (including phenoxy) is 1. The van der Waals surface area contributed by atoms with Crippen molar-refractivity contribution in [1.29, 1.82) is 0 Å². The molecule has 2 aliphatic heterocycles. The van der Waals surface area contributed by atoms with Gasteiger partial charge in [-0.25, -0.2) is 4.98 Å². The van der Waals surface area contributed by atoms with Crippen LogP contribution < -0.4 is 0 Å². The Balaban J connectivity index is 1.40. The highest BCUT2D eigenvalue weighted by Crippen LogP contribution is 2.39. The van der Waals surface area contributed by atoms with Gasteiger partial charge in [-0.2, -0.15) is 0 Å². The number of hydrogen-bond donors (Lipinski definition) is 0. The second-order valence-corrected chi connectivity index (χ2v) is 6.99. The van der Waals surface area contributed by atoms with Crippen LogP contribution in [0.4, 0.5) is 0 Å². The fourth-order valence-electron chi connectivity index (χ4n) is 4.09. The smallest absolute Gasteiger partial charge is 0.291 e. The van der Waals surface area contributed by atoms with Gasteiger partial charge in [0.25, 0.3) is 5.91 Å². The predicted molar refractivity (Wildman–Crippen MR) is 94.6 cm³/mol. The first-order valence-corrected chi connectivity index (χ1v) is 9.07. The molecule has 2 saturated heterocycles. The topological polar surface area (TPSA) is 71.7 Å². The molecule has 2 aromatic rings. The molecule has 7 heteroatoms. The second kappa shape index (κ2) is 7.17. The van der Waals surface area contributed by atoms with Crippen molar-refractivity contribution in [1.82, 2.24) is 19.8 Å². The average Bonchev–Trinajstić information content (AvgIpc) is 3.08. The summed E-state index contributed by atoms with van der Waals surface area (Å²) in [6.45, 7) is 4.21. The molecule has 4 heterocycles. The molecular formula is C19H24N4O3. The average molecular weight is 356 g/mol. The van der Waals surface area contributed by atoms with E-state index in [4.69, 9.17) is 9.15 Å². The number of rotatable bonds is 4. The molecule has 138 valence electrons. The summed E-state index contributed by atoms with van der Waals surface area (Å²) in [7, 11) is 1.77. The van der Waals surface area contributed by atoms with E-state index in [-0.39, 0.29) is 18.1 Å². The van der Waals surface area contributed by atoms with Crippen LogP contribution in [0.5, 0.6) is 0 Å². The van der Waals surface area contributed by atoms with E-state index in [2.05, 4.69) is 27.0 Å². The van der Waals surface area contributed by atoms with Crippen LogP contribution in [0.1, 0.15) is 40.7 Å². The Morgan fingerprint density at radius 2 is 2.00 bits per heavy atom. The summed E-state index contributed by atoms with van der Waals surface area (Å²) in [5.41, 5.74) is 1.90. The molecule has 7 nitrogen and oxygen atoms in total. The molecule has 0 aromatic carbocycles. The van der Waals surface area contributed by atoms with Gasteiger partial charge < -0.3 is 14.1 Å². The van der Waals surface area contributed by atoms with Gasteiger partial charge >= 0.3 is 0 Å². The summed E-state index contributed by atoms with van der Waals surface area (Å²) in [5.74, 6) is 0.309. The van der Waals surface area contributed by atoms with E-state index in [1.807, 2.05) is 17.3 Å². The van der Waals surface area contributed by atoms with E-state index < -0.39 is 0 Å². The Kier molecular flexibility index (Phi) is 4.74. The van der Waals surface area contributed by atoms with Crippen LogP contribution in [-0.4, -0.2) is 64.6 Å². The summed E-state index contributed by atoms with van der Waals surface area (Å²) < 4.78 is 10.9. The molecule has 0 bridgehead atoms. The van der Waals surface area contributed by atoms with Gasteiger partial charge in [-0.15, -0.1) is 0 Å². The molecule has 26 heavy (non-hydrogen) atoms. The molecule has 0 spiro atoms. The summed E-state index contributed by atoms with van der Waals surface area (Å²) >= 11 is 0. The van der Waals surface area contributed by atoms with Gasteiger partial charge in [0.1, 0.15) is 0 Å². The molecule has 2 atom stereocenters. The molecule has 0 N–H and O–H groups in total. The maximum absolute atomic E-state index is 12.6. The molecule has 1 amide bonds. The van der Waals surface area contributed by atoms with Gasteiger partial charge in [0.05, 0.1) is 17.8 Å². The second-order valence-electron chi connectivity index (χ2n) is 6.99. The number of aromatic nitrogens is 2. The molecule has 0 unspecified atom stereocenters. The minimum atomic E-state index is -0.0532. The number of aryl methyl sites for hydroxylation is 1. The molecule has 2 aromatic heterocycles. The zero-order chi connectivity index (χ0) is 18.1. The van der Waals surface area contributed by atoms with Crippen molar-refractivity contribution < 1.29 is 13.9 Å². The third-order valence-electron chi connectivity index (χ3n) is 5.61. The van der Waals surface area contributed by atoms with Crippen LogP contribution >= 0.6 is 0 Å². The quantitative estimate of drug-likeness (QED) is 0.835. The van der Waals surface area contributed by atoms with Gasteiger partial charge in [0.15, 0.2) is 6.39 Å². The van der Waals surface area contributed by atoms with E-state index in [1.165, 1.54) is 12.0 Å². The third-order valence-corrected chi connectivity index (χ3v) is 5.61. The first kappa shape index (κ1) is 17.2. The van der Waals surface area contributed by atoms with Gasteiger partial charge in [-0.1, -0.05) is 0 Å². The Morgan fingerprint density at radius 1 is 1.27 bits per heavy atom. The standard InChI is InChI=1S/C19H24N4O3/c1-13-18(26-12-21-13)19(24)22-9-5-15(6-10-22)23-11-16(25-2)17(23)14-3-7-20-8-4-14/h3-4,7-8,12,15-17H,5-6,9-11H2,1-2H3/t16-,17-/m0/s1. The van der Waals surface area contributed by atoms with Crippen molar-refractivity contribution in [3.63, 3.8) is 0 Å². The molecule has 2 aliphatic rings. The van der Waals surface area contributed by atoms with Crippen molar-refractivity contribution >= 4 is 5.91 Å². The number of pyridine rings is 1. The lowest BCUT2D eigenvalue weighted by Crippen LogP contribution is -2.60. The number of carbonyl (C=O) groups excluding carboxylic acids is 1. The number of likely N-dealkylation sites (tertiary alicyclic amines) is 2. The van der Waals surface area contributed by atoms with E-state index >= 15 is 0 Å². The van der Waals surface area contributed by atoms with E-state index in [1.54, 1.807) is 14.0 Å². The summed E-state index contributed by atoms with van der Waals surface area (Å²) in [5, 5.41) is 0.